The van der Waals surface area contributed by atoms with Crippen LogP contribution in [-0.2, 0) is 9.53 Å². The molecule has 1 aromatic carbocycles. The lowest BCUT2D eigenvalue weighted by molar-refractivity contribution is -0.127. The van der Waals surface area contributed by atoms with Crippen LogP contribution in [0.4, 0.5) is 0 Å². The van der Waals surface area contributed by atoms with Crippen molar-refractivity contribution < 1.29 is 9.53 Å². The van der Waals surface area contributed by atoms with Gasteiger partial charge >= 0.3 is 0 Å². The summed E-state index contributed by atoms with van der Waals surface area (Å²) in [6.07, 6.45) is 0.583. The maximum absolute atomic E-state index is 12.1. The Hall–Kier alpha value is -1.39. The summed E-state index contributed by atoms with van der Waals surface area (Å²) in [7, 11) is 0. The standard InChI is InChI=1S/C14H20N2O2/c1-10-5-3-4-6-12(10)11(2)16-13(17)14(15)7-8-18-9-14/h3-6,11H,7-9,15H2,1-2H3,(H,16,17)/t11-,14?/m0/s1. The Labute approximate surface area is 108 Å². The smallest absolute Gasteiger partial charge is 0.243 e. The van der Waals surface area contributed by atoms with Crippen molar-refractivity contribution in [3.8, 4) is 0 Å². The number of benzene rings is 1. The molecule has 2 rings (SSSR count). The normalized spacial score (nSPS) is 24.8. The predicted molar refractivity (Wildman–Crippen MR) is 70.1 cm³/mol. The lowest BCUT2D eigenvalue weighted by Crippen LogP contribution is -2.54. The fraction of sp³-hybridized carbons (Fsp3) is 0.500. The number of amides is 1. The molecule has 1 aliphatic rings. The van der Waals surface area contributed by atoms with E-state index in [0.717, 1.165) is 5.56 Å². The van der Waals surface area contributed by atoms with E-state index in [2.05, 4.69) is 5.32 Å². The quantitative estimate of drug-likeness (QED) is 0.847. The van der Waals surface area contributed by atoms with E-state index >= 15 is 0 Å². The van der Waals surface area contributed by atoms with Crippen LogP contribution in [0.2, 0.25) is 0 Å². The SMILES string of the molecule is Cc1ccccc1[C@H](C)NC(=O)C1(N)CCOC1. The zero-order valence-electron chi connectivity index (χ0n) is 10.9. The van der Waals surface area contributed by atoms with Gasteiger partial charge in [-0.3, -0.25) is 4.79 Å². The Kier molecular flexibility index (Phi) is 3.68. The molecule has 4 heteroatoms. The second kappa shape index (κ2) is 5.08. The van der Waals surface area contributed by atoms with Gasteiger partial charge in [0, 0.05) is 6.61 Å². The number of nitrogens with two attached hydrogens (primary N) is 1. The van der Waals surface area contributed by atoms with Crippen LogP contribution in [0.25, 0.3) is 0 Å². The number of hydrogen-bond donors (Lipinski definition) is 2. The van der Waals surface area contributed by atoms with E-state index in [-0.39, 0.29) is 11.9 Å². The highest BCUT2D eigenvalue weighted by Gasteiger charge is 2.38. The van der Waals surface area contributed by atoms with Crippen LogP contribution in [0.15, 0.2) is 24.3 Å². The molecule has 1 heterocycles. The lowest BCUT2D eigenvalue weighted by atomic mass is 9.97. The average Bonchev–Trinajstić information content (AvgIpc) is 2.78. The van der Waals surface area contributed by atoms with Gasteiger partial charge in [-0.15, -0.1) is 0 Å². The van der Waals surface area contributed by atoms with Crippen molar-refractivity contribution in [2.24, 2.45) is 5.73 Å². The number of hydrogen-bond acceptors (Lipinski definition) is 3. The van der Waals surface area contributed by atoms with Crippen molar-refractivity contribution in [3.05, 3.63) is 35.4 Å². The summed E-state index contributed by atoms with van der Waals surface area (Å²) >= 11 is 0. The van der Waals surface area contributed by atoms with Gasteiger partial charge in [-0.05, 0) is 31.4 Å². The van der Waals surface area contributed by atoms with Crippen LogP contribution in [0.1, 0.15) is 30.5 Å². The molecule has 0 bridgehead atoms. The molecule has 1 fully saturated rings. The molecule has 0 aliphatic carbocycles. The third-order valence-electron chi connectivity index (χ3n) is 3.51. The number of nitrogens with one attached hydrogen (secondary N) is 1. The Morgan fingerprint density at radius 2 is 2.22 bits per heavy atom. The Morgan fingerprint density at radius 1 is 1.50 bits per heavy atom. The van der Waals surface area contributed by atoms with E-state index in [1.807, 2.05) is 38.1 Å². The fourth-order valence-electron chi connectivity index (χ4n) is 2.25. The molecule has 0 saturated carbocycles. The predicted octanol–water partition coefficient (Wildman–Crippen LogP) is 1.29. The molecule has 0 spiro atoms. The maximum Gasteiger partial charge on any atom is 0.243 e. The average molecular weight is 248 g/mol. The second-order valence-corrected chi connectivity index (χ2v) is 5.01. The van der Waals surface area contributed by atoms with E-state index in [1.54, 1.807) is 0 Å². The first-order valence-electron chi connectivity index (χ1n) is 6.26. The first-order chi connectivity index (χ1) is 8.53. The third kappa shape index (κ3) is 2.54. The number of aryl methyl sites for hydroxylation is 1. The first-order valence-corrected chi connectivity index (χ1v) is 6.26. The van der Waals surface area contributed by atoms with Crippen molar-refractivity contribution in [1.29, 1.82) is 0 Å². The van der Waals surface area contributed by atoms with Gasteiger partial charge < -0.3 is 15.8 Å². The van der Waals surface area contributed by atoms with E-state index in [1.165, 1.54) is 5.56 Å². The molecule has 1 amide bonds. The summed E-state index contributed by atoms with van der Waals surface area (Å²) < 4.78 is 5.21. The Morgan fingerprint density at radius 3 is 2.83 bits per heavy atom. The van der Waals surface area contributed by atoms with E-state index in [4.69, 9.17) is 10.5 Å². The number of ether oxygens (including phenoxy) is 1. The number of rotatable bonds is 3. The Balaban J connectivity index is 2.06. The number of carbonyl (C=O) groups excluding carboxylic acids is 1. The molecule has 3 N–H and O–H groups in total. The minimum atomic E-state index is -0.864. The fourth-order valence-corrected chi connectivity index (χ4v) is 2.25. The highest BCUT2D eigenvalue weighted by Crippen LogP contribution is 2.20. The van der Waals surface area contributed by atoms with Crippen molar-refractivity contribution in [2.75, 3.05) is 13.2 Å². The maximum atomic E-state index is 12.1. The zero-order chi connectivity index (χ0) is 13.2. The van der Waals surface area contributed by atoms with Gasteiger partial charge in [0.05, 0.1) is 12.6 Å². The van der Waals surface area contributed by atoms with Gasteiger partial charge in [-0.25, -0.2) is 0 Å². The van der Waals surface area contributed by atoms with Gasteiger partial charge in [0.2, 0.25) is 5.91 Å². The van der Waals surface area contributed by atoms with Gasteiger partial charge in [-0.2, -0.15) is 0 Å². The molecule has 0 radical (unpaired) electrons. The van der Waals surface area contributed by atoms with Gasteiger partial charge in [0.1, 0.15) is 5.54 Å². The summed E-state index contributed by atoms with van der Waals surface area (Å²) in [4.78, 5) is 12.1. The summed E-state index contributed by atoms with van der Waals surface area (Å²) in [5.41, 5.74) is 7.45. The molecule has 18 heavy (non-hydrogen) atoms. The molecular weight excluding hydrogens is 228 g/mol. The van der Waals surface area contributed by atoms with Gasteiger partial charge in [-0.1, -0.05) is 24.3 Å². The highest BCUT2D eigenvalue weighted by atomic mass is 16.5. The molecule has 1 aliphatic heterocycles. The third-order valence-corrected chi connectivity index (χ3v) is 3.51. The minimum absolute atomic E-state index is 0.0419. The van der Waals surface area contributed by atoms with E-state index < -0.39 is 5.54 Å². The summed E-state index contributed by atoms with van der Waals surface area (Å²) in [6.45, 7) is 4.87. The molecule has 98 valence electrons. The van der Waals surface area contributed by atoms with Crippen LogP contribution in [0, 0.1) is 6.92 Å². The van der Waals surface area contributed by atoms with Crippen molar-refractivity contribution in [2.45, 2.75) is 31.8 Å². The van der Waals surface area contributed by atoms with Gasteiger partial charge in [0.15, 0.2) is 0 Å². The van der Waals surface area contributed by atoms with Crippen LogP contribution in [0.5, 0.6) is 0 Å². The monoisotopic (exact) mass is 248 g/mol. The van der Waals surface area contributed by atoms with Gasteiger partial charge in [0.25, 0.3) is 0 Å². The summed E-state index contributed by atoms with van der Waals surface area (Å²) in [5, 5.41) is 2.98. The highest BCUT2D eigenvalue weighted by molar-refractivity contribution is 5.86. The topological polar surface area (TPSA) is 64.4 Å². The molecule has 0 aromatic heterocycles. The van der Waals surface area contributed by atoms with Crippen molar-refractivity contribution >= 4 is 5.91 Å². The minimum Gasteiger partial charge on any atom is -0.379 e. The first kappa shape index (κ1) is 13.1. The molecule has 1 unspecified atom stereocenters. The second-order valence-electron chi connectivity index (χ2n) is 5.01. The van der Waals surface area contributed by atoms with Crippen LogP contribution in [-0.4, -0.2) is 24.7 Å². The summed E-state index contributed by atoms with van der Waals surface area (Å²) in [5.74, 6) is -0.129. The molecular formula is C14H20N2O2. The van der Waals surface area contributed by atoms with Crippen molar-refractivity contribution in [1.82, 2.24) is 5.32 Å². The zero-order valence-corrected chi connectivity index (χ0v) is 10.9. The summed E-state index contributed by atoms with van der Waals surface area (Å²) in [6, 6.07) is 7.98. The molecule has 2 atom stereocenters. The molecule has 1 aromatic rings. The van der Waals surface area contributed by atoms with E-state index in [0.29, 0.717) is 19.6 Å². The van der Waals surface area contributed by atoms with Crippen LogP contribution < -0.4 is 11.1 Å². The van der Waals surface area contributed by atoms with E-state index in [9.17, 15) is 4.79 Å². The van der Waals surface area contributed by atoms with Crippen molar-refractivity contribution in [3.63, 3.8) is 0 Å². The van der Waals surface area contributed by atoms with Crippen LogP contribution in [0.3, 0.4) is 0 Å². The Bertz CT molecular complexity index is 439. The largest absolute Gasteiger partial charge is 0.379 e. The van der Waals surface area contributed by atoms with Crippen LogP contribution >= 0.6 is 0 Å². The lowest BCUT2D eigenvalue weighted by Gasteiger charge is -2.24. The number of carbonyl (C=O) groups is 1. The molecule has 4 nitrogen and oxygen atoms in total. The molecule has 1 saturated heterocycles.